The molecule has 0 unspecified atom stereocenters. The molecule has 0 aliphatic carbocycles. The van der Waals surface area contributed by atoms with Crippen LogP contribution in [0.5, 0.6) is 0 Å². The number of nitro groups is 2. The molecule has 0 heterocycles. The van der Waals surface area contributed by atoms with Crippen molar-refractivity contribution in [1.29, 1.82) is 0 Å². The lowest BCUT2D eigenvalue weighted by Gasteiger charge is -2.11. The van der Waals surface area contributed by atoms with Crippen LogP contribution in [0.2, 0.25) is 0 Å². The summed E-state index contributed by atoms with van der Waals surface area (Å²) in [7, 11) is 0. The van der Waals surface area contributed by atoms with Gasteiger partial charge in [0.25, 0.3) is 11.4 Å². The molecule has 12 nitrogen and oxygen atoms in total. The molecule has 2 aromatic rings. The van der Waals surface area contributed by atoms with Crippen LogP contribution in [0.15, 0.2) is 57.1 Å². The lowest BCUT2D eigenvalue weighted by molar-refractivity contribution is -0.385. The molecular weight excluding hydrogens is 464 g/mol. The maximum atomic E-state index is 11.2. The predicted molar refractivity (Wildman–Crippen MR) is 135 cm³/mol. The quantitative estimate of drug-likeness (QED) is 0.184. The topological polar surface area (TPSA) is 142 Å². The number of hydrogen-bond donors (Lipinski definition) is 0. The van der Waals surface area contributed by atoms with Gasteiger partial charge in [0.05, 0.1) is 21.0 Å². The van der Waals surface area contributed by atoms with Crippen LogP contribution in [0.1, 0.15) is 38.8 Å². The molecule has 0 aromatic heterocycles. The van der Waals surface area contributed by atoms with Crippen molar-refractivity contribution >= 4 is 22.7 Å². The van der Waals surface area contributed by atoms with Crippen LogP contribution in [-0.2, 0) is 0 Å². The van der Waals surface area contributed by atoms with Crippen molar-refractivity contribution in [2.75, 3.05) is 26.2 Å². The van der Waals surface area contributed by atoms with E-state index in [-0.39, 0.29) is 22.5 Å². The van der Waals surface area contributed by atoms with Crippen LogP contribution in [0.4, 0.5) is 22.7 Å². The van der Waals surface area contributed by atoms with E-state index in [1.807, 2.05) is 27.7 Å². The Hall–Kier alpha value is -4.84. The summed E-state index contributed by atoms with van der Waals surface area (Å²) >= 11 is 0. The second-order valence-corrected chi connectivity index (χ2v) is 7.07. The fourth-order valence-corrected chi connectivity index (χ4v) is 2.77. The highest BCUT2D eigenvalue weighted by atomic mass is 16.6. The summed E-state index contributed by atoms with van der Waals surface area (Å²) in [4.78, 5) is 21.4. The molecule has 0 atom stereocenters. The molecule has 2 rings (SSSR count). The van der Waals surface area contributed by atoms with Gasteiger partial charge < -0.3 is 0 Å². The highest BCUT2D eigenvalue weighted by Gasteiger charge is 2.11. The molecule has 0 aliphatic heterocycles. The van der Waals surface area contributed by atoms with Crippen LogP contribution in [0.25, 0.3) is 0 Å². The summed E-state index contributed by atoms with van der Waals surface area (Å²) in [6.45, 7) is 10.3. The Kier molecular flexibility index (Phi) is 10.5. The van der Waals surface area contributed by atoms with Crippen LogP contribution >= 0.6 is 0 Å². The third-order valence-corrected chi connectivity index (χ3v) is 4.86. The maximum Gasteiger partial charge on any atom is 0.270 e. The number of nitrogens with zero attached hydrogens (tertiary/aromatic N) is 8. The van der Waals surface area contributed by atoms with E-state index in [0.717, 1.165) is 0 Å². The van der Waals surface area contributed by atoms with E-state index in [0.29, 0.717) is 37.6 Å². The highest BCUT2D eigenvalue weighted by molar-refractivity contribution is 5.63. The molecule has 0 saturated heterocycles. The molecule has 0 fully saturated rings. The number of nitro benzene ring substituents is 2. The lowest BCUT2D eigenvalue weighted by Crippen LogP contribution is -2.14. The van der Waals surface area contributed by atoms with Crippen LogP contribution in [0, 0.1) is 43.9 Å². The number of non-ortho nitro benzene ring substituents is 2. The van der Waals surface area contributed by atoms with Gasteiger partial charge in [0.2, 0.25) is 0 Å². The maximum absolute atomic E-state index is 11.2. The zero-order valence-corrected chi connectivity index (χ0v) is 20.5. The molecule has 0 bridgehead atoms. The van der Waals surface area contributed by atoms with Gasteiger partial charge in [0.15, 0.2) is 0 Å². The van der Waals surface area contributed by atoms with Crippen LogP contribution < -0.4 is 0 Å². The Balaban J connectivity index is 2.47. The van der Waals surface area contributed by atoms with Crippen molar-refractivity contribution in [1.82, 2.24) is 10.0 Å². The molecule has 2 aromatic carbocycles. The van der Waals surface area contributed by atoms with Gasteiger partial charge in [-0.1, -0.05) is 22.3 Å². The Morgan fingerprint density at radius 1 is 0.694 bits per heavy atom. The summed E-state index contributed by atoms with van der Waals surface area (Å²) in [5.41, 5.74) is 0.958. The molecule has 186 valence electrons. The van der Waals surface area contributed by atoms with Gasteiger partial charge in [-0.05, 0) is 51.7 Å². The number of benzene rings is 2. The fraction of sp³-hybridized carbons (Fsp3) is 0.333. The van der Waals surface area contributed by atoms with E-state index in [2.05, 4.69) is 44.4 Å². The van der Waals surface area contributed by atoms with Crippen molar-refractivity contribution < 1.29 is 9.85 Å². The van der Waals surface area contributed by atoms with E-state index in [9.17, 15) is 20.2 Å². The number of rotatable bonds is 10. The van der Waals surface area contributed by atoms with Gasteiger partial charge in [-0.25, -0.2) is 0 Å². The van der Waals surface area contributed by atoms with Crippen LogP contribution in [0.3, 0.4) is 0 Å². The van der Waals surface area contributed by atoms with Crippen molar-refractivity contribution in [2.45, 2.75) is 27.7 Å². The van der Waals surface area contributed by atoms with E-state index in [1.165, 1.54) is 36.4 Å². The Morgan fingerprint density at radius 3 is 1.36 bits per heavy atom. The summed E-state index contributed by atoms with van der Waals surface area (Å²) in [5, 5.41) is 42.4. The molecule has 0 aliphatic rings. The van der Waals surface area contributed by atoms with Gasteiger partial charge in [-0.2, -0.15) is 0 Å². The average Bonchev–Trinajstić information content (AvgIpc) is 2.88. The highest BCUT2D eigenvalue weighted by Crippen LogP contribution is 2.25. The minimum Gasteiger partial charge on any atom is -0.279 e. The van der Waals surface area contributed by atoms with Gasteiger partial charge in [0, 0.05) is 50.4 Å². The smallest absolute Gasteiger partial charge is 0.270 e. The summed E-state index contributed by atoms with van der Waals surface area (Å²) < 4.78 is 0. The van der Waals surface area contributed by atoms with E-state index in [1.54, 1.807) is 10.0 Å². The largest absolute Gasteiger partial charge is 0.279 e. The molecule has 36 heavy (non-hydrogen) atoms. The number of hydrogen-bond acceptors (Lipinski definition) is 8. The lowest BCUT2D eigenvalue weighted by atomic mass is 10.1. The van der Waals surface area contributed by atoms with Gasteiger partial charge in [0.1, 0.15) is 11.4 Å². The summed E-state index contributed by atoms with van der Waals surface area (Å²) in [6.07, 6.45) is 0. The Bertz CT molecular complexity index is 1180. The first-order valence-corrected chi connectivity index (χ1v) is 11.2. The predicted octanol–water partition coefficient (Wildman–Crippen LogP) is 5.59. The Morgan fingerprint density at radius 2 is 1.06 bits per heavy atom. The first kappa shape index (κ1) is 27.4. The SMILES string of the molecule is CCN(CC)N=Nc1ccc([N+](=O)[O-])cc1C#CC#Cc1cc([N+](=O)[O-])ccc1N=NN(CC)CC. The first-order valence-electron chi connectivity index (χ1n) is 11.2. The normalized spacial score (nSPS) is 10.4. The van der Waals surface area contributed by atoms with Crippen molar-refractivity contribution in [3.05, 3.63) is 67.8 Å². The van der Waals surface area contributed by atoms with E-state index in [4.69, 9.17) is 0 Å². The zero-order valence-electron chi connectivity index (χ0n) is 20.5. The standard InChI is InChI=1S/C24H26N8O4/c1-5-29(6-2)27-25-23-15-13-21(31(33)34)17-19(23)11-9-10-12-20-18-22(32(35)36)14-16-24(20)26-28-30(7-3)8-4/h13-18H,5-8H2,1-4H3. The summed E-state index contributed by atoms with van der Waals surface area (Å²) in [5.74, 6) is 10.8. The van der Waals surface area contributed by atoms with Gasteiger partial charge >= 0.3 is 0 Å². The minimum atomic E-state index is -0.529. The minimum absolute atomic E-state index is 0.146. The van der Waals surface area contributed by atoms with Gasteiger partial charge in [-0.3, -0.25) is 30.2 Å². The molecule has 0 saturated carbocycles. The first-order chi connectivity index (χ1) is 17.3. The summed E-state index contributed by atoms with van der Waals surface area (Å²) in [6, 6.07) is 8.17. The zero-order chi connectivity index (χ0) is 26.5. The second kappa shape index (κ2) is 13.8. The third-order valence-electron chi connectivity index (χ3n) is 4.86. The average molecular weight is 491 g/mol. The van der Waals surface area contributed by atoms with Crippen molar-refractivity contribution in [3.8, 4) is 23.7 Å². The Labute approximate surface area is 209 Å². The van der Waals surface area contributed by atoms with Crippen molar-refractivity contribution in [2.24, 2.45) is 20.7 Å². The van der Waals surface area contributed by atoms with Crippen LogP contribution in [-0.4, -0.2) is 46.0 Å². The molecule has 0 spiro atoms. The van der Waals surface area contributed by atoms with Gasteiger partial charge in [-0.15, -0.1) is 10.2 Å². The third kappa shape index (κ3) is 7.88. The van der Waals surface area contributed by atoms with Crippen molar-refractivity contribution in [3.63, 3.8) is 0 Å². The van der Waals surface area contributed by atoms with E-state index < -0.39 is 9.85 Å². The monoisotopic (exact) mass is 490 g/mol. The molecule has 0 amide bonds. The fourth-order valence-electron chi connectivity index (χ4n) is 2.77. The molecule has 0 radical (unpaired) electrons. The molecular formula is C24H26N8O4. The molecule has 12 heteroatoms. The second-order valence-electron chi connectivity index (χ2n) is 7.07. The molecule has 0 N–H and O–H groups in total. The van der Waals surface area contributed by atoms with E-state index >= 15 is 0 Å².